The zero-order valence-corrected chi connectivity index (χ0v) is 19.3. The largest absolute Gasteiger partial charge is 0.451 e. The Balaban J connectivity index is 1.50. The first-order valence-corrected chi connectivity index (χ1v) is 11.9. The van der Waals surface area contributed by atoms with E-state index in [1.807, 2.05) is 19.1 Å². The number of rotatable bonds is 7. The smallest absolute Gasteiger partial charge is 0.349 e. The molecule has 1 amide bonds. The number of nitrogens with one attached hydrogen (secondary N) is 1. The molecule has 4 rings (SSSR count). The molecule has 33 heavy (non-hydrogen) atoms. The van der Waals surface area contributed by atoms with E-state index in [0.717, 1.165) is 41.7 Å². The number of benzene rings is 1. The van der Waals surface area contributed by atoms with Gasteiger partial charge in [-0.25, -0.2) is 4.79 Å². The zero-order valence-electron chi connectivity index (χ0n) is 17.7. The van der Waals surface area contributed by atoms with Gasteiger partial charge in [-0.2, -0.15) is 0 Å². The normalized spacial score (nSPS) is 12.6. The second kappa shape index (κ2) is 9.63. The van der Waals surface area contributed by atoms with Crippen LogP contribution >= 0.6 is 22.7 Å². The highest BCUT2D eigenvalue weighted by atomic mass is 32.1. The second-order valence-electron chi connectivity index (χ2n) is 7.63. The van der Waals surface area contributed by atoms with Gasteiger partial charge in [0.1, 0.15) is 9.88 Å². The molecular formula is C23H20N2O6S2. The number of aryl methyl sites for hydroxylation is 2. The minimum Gasteiger partial charge on any atom is -0.451 e. The molecule has 0 saturated heterocycles. The summed E-state index contributed by atoms with van der Waals surface area (Å²) in [5.41, 5.74) is 3.08. The SMILES string of the molecule is Cc1ccc(C(=O)c2c(NC(=O)COC(=O)c3ccc([N+](=O)[O-])s3)sc3c2CCCC3)cc1. The summed E-state index contributed by atoms with van der Waals surface area (Å²) in [6, 6.07) is 9.79. The molecule has 0 saturated carbocycles. The van der Waals surface area contributed by atoms with Gasteiger partial charge in [-0.05, 0) is 44.2 Å². The topological polar surface area (TPSA) is 116 Å². The van der Waals surface area contributed by atoms with Gasteiger partial charge in [0, 0.05) is 16.5 Å². The lowest BCUT2D eigenvalue weighted by atomic mass is 9.91. The fraction of sp³-hybridized carbons (Fsp3) is 0.261. The standard InChI is InChI=1S/C23H20N2O6S2/c1-13-6-8-14(9-7-13)21(27)20-15-4-2-3-5-16(15)33-22(20)24-18(26)12-31-23(28)17-10-11-19(32-17)25(29)30/h6-11H,2-5,12H2,1H3,(H,24,26). The average molecular weight is 485 g/mol. The summed E-state index contributed by atoms with van der Waals surface area (Å²) in [7, 11) is 0. The predicted molar refractivity (Wildman–Crippen MR) is 125 cm³/mol. The Morgan fingerprint density at radius 2 is 1.79 bits per heavy atom. The summed E-state index contributed by atoms with van der Waals surface area (Å²) < 4.78 is 5.01. The van der Waals surface area contributed by atoms with Gasteiger partial charge in [-0.3, -0.25) is 19.7 Å². The van der Waals surface area contributed by atoms with Crippen LogP contribution in [0, 0.1) is 17.0 Å². The Morgan fingerprint density at radius 3 is 2.48 bits per heavy atom. The van der Waals surface area contributed by atoms with E-state index in [2.05, 4.69) is 5.32 Å². The monoisotopic (exact) mass is 484 g/mol. The Morgan fingerprint density at radius 1 is 1.06 bits per heavy atom. The van der Waals surface area contributed by atoms with Gasteiger partial charge in [0.2, 0.25) is 0 Å². The van der Waals surface area contributed by atoms with E-state index in [-0.39, 0.29) is 15.7 Å². The number of ether oxygens (including phenoxy) is 1. The number of hydrogen-bond acceptors (Lipinski definition) is 8. The molecule has 1 aliphatic carbocycles. The number of thiophene rings is 2. The van der Waals surface area contributed by atoms with Crippen LogP contribution < -0.4 is 5.32 Å². The van der Waals surface area contributed by atoms with Crippen molar-refractivity contribution in [3.8, 4) is 0 Å². The number of esters is 1. The zero-order chi connectivity index (χ0) is 23.5. The highest BCUT2D eigenvalue weighted by molar-refractivity contribution is 7.17. The molecular weight excluding hydrogens is 464 g/mol. The molecule has 10 heteroatoms. The first kappa shape index (κ1) is 22.8. The summed E-state index contributed by atoms with van der Waals surface area (Å²) in [6.07, 6.45) is 3.65. The summed E-state index contributed by atoms with van der Waals surface area (Å²) in [4.78, 5) is 49.3. The third-order valence-electron chi connectivity index (χ3n) is 5.27. The van der Waals surface area contributed by atoms with Crippen LogP contribution in [0.4, 0.5) is 10.0 Å². The van der Waals surface area contributed by atoms with Crippen molar-refractivity contribution in [1.82, 2.24) is 0 Å². The van der Waals surface area contributed by atoms with Crippen LogP contribution in [0.3, 0.4) is 0 Å². The number of carbonyl (C=O) groups is 3. The quantitative estimate of drug-likeness (QED) is 0.220. The minimum atomic E-state index is -0.815. The van der Waals surface area contributed by atoms with Crippen LogP contribution in [0.1, 0.15) is 54.4 Å². The molecule has 1 N–H and O–H groups in total. The number of carbonyl (C=O) groups excluding carboxylic acids is 3. The summed E-state index contributed by atoms with van der Waals surface area (Å²) in [6.45, 7) is 1.38. The molecule has 3 aromatic rings. The van der Waals surface area contributed by atoms with E-state index in [1.54, 1.807) is 12.1 Å². The number of fused-ring (bicyclic) bond motifs is 1. The first-order valence-electron chi connectivity index (χ1n) is 10.3. The molecule has 0 spiro atoms. The fourth-order valence-electron chi connectivity index (χ4n) is 3.64. The Labute approximate surface area is 197 Å². The van der Waals surface area contributed by atoms with E-state index in [0.29, 0.717) is 27.5 Å². The molecule has 0 fully saturated rings. The maximum atomic E-state index is 13.3. The van der Waals surface area contributed by atoms with Gasteiger partial charge in [0.05, 0.1) is 10.5 Å². The molecule has 170 valence electrons. The van der Waals surface area contributed by atoms with Gasteiger partial charge in [0.25, 0.3) is 5.91 Å². The lowest BCUT2D eigenvalue weighted by Crippen LogP contribution is -2.21. The fourth-order valence-corrected chi connectivity index (χ4v) is 5.66. The summed E-state index contributed by atoms with van der Waals surface area (Å²) in [5.74, 6) is -1.54. The van der Waals surface area contributed by atoms with E-state index in [4.69, 9.17) is 4.74 Å². The maximum absolute atomic E-state index is 13.3. The number of ketones is 1. The number of nitro groups is 1. The third-order valence-corrected chi connectivity index (χ3v) is 7.50. The summed E-state index contributed by atoms with van der Waals surface area (Å²) in [5, 5.41) is 13.8. The van der Waals surface area contributed by atoms with Crippen LogP contribution in [0.15, 0.2) is 36.4 Å². The van der Waals surface area contributed by atoms with Crippen molar-refractivity contribution in [1.29, 1.82) is 0 Å². The van der Waals surface area contributed by atoms with E-state index < -0.39 is 23.4 Å². The summed E-state index contributed by atoms with van der Waals surface area (Å²) >= 11 is 2.07. The Bertz CT molecular complexity index is 1240. The molecule has 2 heterocycles. The Hall–Kier alpha value is -3.37. The molecule has 0 atom stereocenters. The average Bonchev–Trinajstić information content (AvgIpc) is 3.43. The number of amides is 1. The van der Waals surface area contributed by atoms with Crippen LogP contribution in [0.2, 0.25) is 0 Å². The van der Waals surface area contributed by atoms with Crippen molar-refractivity contribution < 1.29 is 24.0 Å². The van der Waals surface area contributed by atoms with Crippen molar-refractivity contribution >= 4 is 50.3 Å². The highest BCUT2D eigenvalue weighted by Crippen LogP contribution is 2.39. The van der Waals surface area contributed by atoms with E-state index >= 15 is 0 Å². The molecule has 1 aromatic carbocycles. The molecule has 0 radical (unpaired) electrons. The molecule has 8 nitrogen and oxygen atoms in total. The van der Waals surface area contributed by atoms with Crippen LogP contribution in [-0.2, 0) is 22.4 Å². The number of nitrogens with zero attached hydrogens (tertiary/aromatic N) is 1. The molecule has 0 aliphatic heterocycles. The van der Waals surface area contributed by atoms with Crippen LogP contribution in [0.25, 0.3) is 0 Å². The van der Waals surface area contributed by atoms with Gasteiger partial charge >= 0.3 is 11.0 Å². The number of hydrogen-bond donors (Lipinski definition) is 1. The van der Waals surface area contributed by atoms with Crippen molar-refractivity contribution in [3.05, 3.63) is 78.5 Å². The van der Waals surface area contributed by atoms with E-state index in [1.165, 1.54) is 23.5 Å². The third kappa shape index (κ3) is 5.01. The van der Waals surface area contributed by atoms with Gasteiger partial charge in [0.15, 0.2) is 12.4 Å². The van der Waals surface area contributed by atoms with Crippen LogP contribution in [0.5, 0.6) is 0 Å². The van der Waals surface area contributed by atoms with Gasteiger partial charge in [-0.1, -0.05) is 41.2 Å². The maximum Gasteiger partial charge on any atom is 0.349 e. The minimum absolute atomic E-state index is 0.0383. The molecule has 0 bridgehead atoms. The van der Waals surface area contributed by atoms with Crippen molar-refractivity contribution in [2.24, 2.45) is 0 Å². The number of anilines is 1. The van der Waals surface area contributed by atoms with Crippen LogP contribution in [-0.4, -0.2) is 29.2 Å². The molecule has 1 aliphatic rings. The van der Waals surface area contributed by atoms with Crippen molar-refractivity contribution in [2.75, 3.05) is 11.9 Å². The van der Waals surface area contributed by atoms with E-state index in [9.17, 15) is 24.5 Å². The van der Waals surface area contributed by atoms with Crippen molar-refractivity contribution in [2.45, 2.75) is 32.6 Å². The van der Waals surface area contributed by atoms with Gasteiger partial charge in [-0.15, -0.1) is 11.3 Å². The second-order valence-corrected chi connectivity index (χ2v) is 9.80. The predicted octanol–water partition coefficient (Wildman–Crippen LogP) is 4.93. The lowest BCUT2D eigenvalue weighted by molar-refractivity contribution is -0.380. The molecule has 2 aromatic heterocycles. The first-order chi connectivity index (χ1) is 15.8. The highest BCUT2D eigenvalue weighted by Gasteiger charge is 2.27. The molecule has 0 unspecified atom stereocenters. The van der Waals surface area contributed by atoms with Crippen molar-refractivity contribution in [3.63, 3.8) is 0 Å². The van der Waals surface area contributed by atoms with Gasteiger partial charge < -0.3 is 10.1 Å². The lowest BCUT2D eigenvalue weighted by Gasteiger charge is -2.13. The Kier molecular flexibility index (Phi) is 6.66.